The molecular formula is C13H12FN3O. The van der Waals surface area contributed by atoms with Crippen LogP contribution in [0.5, 0.6) is 11.6 Å². The SMILES string of the molecule is Cc1cc(Oc2ncccc2C(=N)N)ccc1F. The number of aromatic nitrogens is 1. The standard InChI is InChI=1S/C13H12FN3O/c1-8-7-9(4-5-11(8)14)18-13-10(12(15)16)3-2-6-17-13/h2-7H,1H3,(H3,15,16). The Kier molecular flexibility index (Phi) is 3.23. The fourth-order valence-electron chi connectivity index (χ4n) is 1.47. The number of rotatable bonds is 3. The summed E-state index contributed by atoms with van der Waals surface area (Å²) in [5.41, 5.74) is 6.31. The van der Waals surface area contributed by atoms with Gasteiger partial charge < -0.3 is 10.5 Å². The zero-order chi connectivity index (χ0) is 13.1. The highest BCUT2D eigenvalue weighted by molar-refractivity contribution is 5.97. The minimum atomic E-state index is -0.296. The highest BCUT2D eigenvalue weighted by Crippen LogP contribution is 2.24. The number of pyridine rings is 1. The number of nitrogen functional groups attached to an aromatic ring is 1. The number of nitrogens with one attached hydrogen (secondary N) is 1. The summed E-state index contributed by atoms with van der Waals surface area (Å²) in [5.74, 6) is 0.262. The molecule has 3 N–H and O–H groups in total. The van der Waals surface area contributed by atoms with E-state index >= 15 is 0 Å². The molecule has 0 radical (unpaired) electrons. The molecule has 4 nitrogen and oxygen atoms in total. The van der Waals surface area contributed by atoms with Crippen LogP contribution in [0.1, 0.15) is 11.1 Å². The van der Waals surface area contributed by atoms with Crippen molar-refractivity contribution in [2.45, 2.75) is 6.92 Å². The average molecular weight is 245 g/mol. The van der Waals surface area contributed by atoms with Crippen molar-refractivity contribution >= 4 is 5.84 Å². The summed E-state index contributed by atoms with van der Waals surface area (Å²) in [6.45, 7) is 1.65. The van der Waals surface area contributed by atoms with Gasteiger partial charge in [-0.15, -0.1) is 0 Å². The number of amidine groups is 1. The van der Waals surface area contributed by atoms with Gasteiger partial charge in [-0.05, 0) is 42.8 Å². The van der Waals surface area contributed by atoms with Crippen LogP contribution in [0, 0.1) is 18.2 Å². The third-order valence-electron chi connectivity index (χ3n) is 2.41. The Labute approximate surface area is 104 Å². The maximum absolute atomic E-state index is 13.1. The van der Waals surface area contributed by atoms with Crippen molar-refractivity contribution in [2.75, 3.05) is 0 Å². The molecule has 1 heterocycles. The van der Waals surface area contributed by atoms with Crippen molar-refractivity contribution in [1.29, 1.82) is 5.41 Å². The number of nitrogens with zero attached hydrogens (tertiary/aromatic N) is 1. The van der Waals surface area contributed by atoms with Crippen LogP contribution in [0.25, 0.3) is 0 Å². The summed E-state index contributed by atoms with van der Waals surface area (Å²) < 4.78 is 18.6. The van der Waals surface area contributed by atoms with Crippen LogP contribution in [0.3, 0.4) is 0 Å². The van der Waals surface area contributed by atoms with E-state index in [1.54, 1.807) is 25.1 Å². The van der Waals surface area contributed by atoms with Crippen LogP contribution in [0.2, 0.25) is 0 Å². The van der Waals surface area contributed by atoms with E-state index in [4.69, 9.17) is 15.9 Å². The van der Waals surface area contributed by atoms with E-state index in [1.165, 1.54) is 18.3 Å². The minimum absolute atomic E-state index is 0.128. The predicted molar refractivity (Wildman–Crippen MR) is 66.5 cm³/mol. The van der Waals surface area contributed by atoms with Crippen LogP contribution >= 0.6 is 0 Å². The Morgan fingerprint density at radius 1 is 1.39 bits per heavy atom. The van der Waals surface area contributed by atoms with Gasteiger partial charge >= 0.3 is 0 Å². The second-order valence-corrected chi connectivity index (χ2v) is 3.78. The van der Waals surface area contributed by atoms with Gasteiger partial charge in [-0.3, -0.25) is 5.41 Å². The van der Waals surface area contributed by atoms with Crippen LogP contribution in [-0.4, -0.2) is 10.8 Å². The molecule has 0 bridgehead atoms. The lowest BCUT2D eigenvalue weighted by molar-refractivity contribution is 0.459. The summed E-state index contributed by atoms with van der Waals surface area (Å²) in [6, 6.07) is 7.69. The van der Waals surface area contributed by atoms with E-state index in [0.717, 1.165) is 0 Å². The van der Waals surface area contributed by atoms with Crippen LogP contribution in [0.4, 0.5) is 4.39 Å². The molecule has 0 aliphatic carbocycles. The van der Waals surface area contributed by atoms with Crippen molar-refractivity contribution < 1.29 is 9.13 Å². The number of halogens is 1. The molecule has 1 aromatic heterocycles. The zero-order valence-electron chi connectivity index (χ0n) is 9.77. The number of hydrogen-bond donors (Lipinski definition) is 2. The molecule has 0 aliphatic rings. The lowest BCUT2D eigenvalue weighted by Gasteiger charge is -2.09. The molecule has 0 fully saturated rings. The fourth-order valence-corrected chi connectivity index (χ4v) is 1.47. The number of hydrogen-bond acceptors (Lipinski definition) is 3. The maximum atomic E-state index is 13.1. The predicted octanol–water partition coefficient (Wildman–Crippen LogP) is 2.61. The summed E-state index contributed by atoms with van der Waals surface area (Å²) in [5, 5.41) is 7.42. The first-order valence-electron chi connectivity index (χ1n) is 5.31. The van der Waals surface area contributed by atoms with Crippen LogP contribution < -0.4 is 10.5 Å². The summed E-state index contributed by atoms with van der Waals surface area (Å²) in [6.07, 6.45) is 1.54. The van der Waals surface area contributed by atoms with E-state index in [-0.39, 0.29) is 17.5 Å². The smallest absolute Gasteiger partial charge is 0.230 e. The molecule has 0 atom stereocenters. The first-order valence-corrected chi connectivity index (χ1v) is 5.31. The second-order valence-electron chi connectivity index (χ2n) is 3.78. The third-order valence-corrected chi connectivity index (χ3v) is 2.41. The number of nitrogens with two attached hydrogens (primary N) is 1. The van der Waals surface area contributed by atoms with Crippen LogP contribution in [0.15, 0.2) is 36.5 Å². The molecule has 0 spiro atoms. The second kappa shape index (κ2) is 4.83. The first-order chi connectivity index (χ1) is 8.58. The van der Waals surface area contributed by atoms with E-state index in [9.17, 15) is 4.39 Å². The first kappa shape index (κ1) is 12.0. The van der Waals surface area contributed by atoms with Gasteiger partial charge in [0, 0.05) is 6.20 Å². The molecule has 18 heavy (non-hydrogen) atoms. The van der Waals surface area contributed by atoms with Gasteiger partial charge in [-0.25, -0.2) is 9.37 Å². The van der Waals surface area contributed by atoms with Crippen molar-refractivity contribution in [2.24, 2.45) is 5.73 Å². The van der Waals surface area contributed by atoms with Crippen LogP contribution in [-0.2, 0) is 0 Å². The highest BCUT2D eigenvalue weighted by atomic mass is 19.1. The molecule has 1 aromatic carbocycles. The summed E-state index contributed by atoms with van der Waals surface area (Å²) in [7, 11) is 0. The number of ether oxygens (including phenoxy) is 1. The van der Waals surface area contributed by atoms with Gasteiger partial charge in [-0.1, -0.05) is 0 Å². The maximum Gasteiger partial charge on any atom is 0.230 e. The van der Waals surface area contributed by atoms with Gasteiger partial charge in [0.2, 0.25) is 5.88 Å². The Hall–Kier alpha value is -2.43. The summed E-state index contributed by atoms with van der Waals surface area (Å²) >= 11 is 0. The molecule has 0 aliphatic heterocycles. The van der Waals surface area contributed by atoms with Crippen molar-refractivity contribution in [3.8, 4) is 11.6 Å². The minimum Gasteiger partial charge on any atom is -0.438 e. The summed E-state index contributed by atoms with van der Waals surface area (Å²) in [4.78, 5) is 4.01. The molecule has 92 valence electrons. The molecule has 0 saturated carbocycles. The van der Waals surface area contributed by atoms with Crippen molar-refractivity contribution in [3.05, 3.63) is 53.5 Å². The normalized spacial score (nSPS) is 10.1. The number of aryl methyl sites for hydroxylation is 1. The van der Waals surface area contributed by atoms with Gasteiger partial charge in [0.1, 0.15) is 17.4 Å². The van der Waals surface area contributed by atoms with E-state index in [2.05, 4.69) is 4.98 Å². The third kappa shape index (κ3) is 2.45. The lowest BCUT2D eigenvalue weighted by atomic mass is 10.2. The molecule has 2 rings (SSSR count). The molecular weight excluding hydrogens is 233 g/mol. The monoisotopic (exact) mass is 245 g/mol. The van der Waals surface area contributed by atoms with E-state index in [0.29, 0.717) is 16.9 Å². The largest absolute Gasteiger partial charge is 0.438 e. The molecule has 0 unspecified atom stereocenters. The molecule has 5 heteroatoms. The Bertz CT molecular complexity index is 599. The van der Waals surface area contributed by atoms with Gasteiger partial charge in [0.25, 0.3) is 0 Å². The number of benzene rings is 1. The lowest BCUT2D eigenvalue weighted by Crippen LogP contribution is -2.12. The Balaban J connectivity index is 2.34. The van der Waals surface area contributed by atoms with Gasteiger partial charge in [-0.2, -0.15) is 0 Å². The van der Waals surface area contributed by atoms with Gasteiger partial charge in [0.15, 0.2) is 0 Å². The van der Waals surface area contributed by atoms with E-state index < -0.39 is 0 Å². The average Bonchev–Trinajstić information content (AvgIpc) is 2.34. The Morgan fingerprint density at radius 2 is 2.17 bits per heavy atom. The quantitative estimate of drug-likeness (QED) is 0.645. The van der Waals surface area contributed by atoms with Crippen molar-refractivity contribution in [3.63, 3.8) is 0 Å². The fraction of sp³-hybridized carbons (Fsp3) is 0.0769. The Morgan fingerprint density at radius 3 is 2.83 bits per heavy atom. The van der Waals surface area contributed by atoms with Crippen molar-refractivity contribution in [1.82, 2.24) is 4.98 Å². The van der Waals surface area contributed by atoms with E-state index in [1.807, 2.05) is 0 Å². The molecule has 2 aromatic rings. The highest BCUT2D eigenvalue weighted by Gasteiger charge is 2.09. The molecule has 0 saturated heterocycles. The topological polar surface area (TPSA) is 72.0 Å². The molecule has 0 amide bonds. The zero-order valence-corrected chi connectivity index (χ0v) is 9.77. The van der Waals surface area contributed by atoms with Gasteiger partial charge in [0.05, 0.1) is 5.56 Å².